The predicted octanol–water partition coefficient (Wildman–Crippen LogP) is -0.385. The number of nitrogens with zero attached hydrogens (tertiary/aromatic N) is 1. The number of ketones is 1. The van der Waals surface area contributed by atoms with E-state index in [1.807, 2.05) is 31.2 Å². The van der Waals surface area contributed by atoms with Crippen molar-refractivity contribution >= 4 is 69.9 Å². The molecule has 1 saturated heterocycles. The molecule has 2 aromatic carbocycles. The summed E-state index contributed by atoms with van der Waals surface area (Å²) in [5.74, 6) is -7.50. The van der Waals surface area contributed by atoms with E-state index in [-0.39, 0.29) is 83.4 Å². The van der Waals surface area contributed by atoms with E-state index in [9.17, 15) is 43.2 Å². The third-order valence-corrected chi connectivity index (χ3v) is 12.4. The number of hydrogen-bond donors (Lipinski definition) is 12. The van der Waals surface area contributed by atoms with Crippen LogP contribution in [0, 0.1) is 5.92 Å². The van der Waals surface area contributed by atoms with Gasteiger partial charge in [0, 0.05) is 68.7 Å². The van der Waals surface area contributed by atoms with Gasteiger partial charge in [0.05, 0.1) is 6.04 Å². The first-order chi connectivity index (χ1) is 34.5. The Hall–Kier alpha value is -7.36. The fourth-order valence-electron chi connectivity index (χ4n) is 8.41. The van der Waals surface area contributed by atoms with Gasteiger partial charge in [-0.25, -0.2) is 0 Å². The van der Waals surface area contributed by atoms with Gasteiger partial charge in [-0.05, 0) is 75.1 Å². The Morgan fingerprint density at radius 1 is 0.778 bits per heavy atom. The molecule has 3 aromatic rings. The molecule has 1 aliphatic rings. The van der Waals surface area contributed by atoms with Gasteiger partial charge in [0.25, 0.3) is 0 Å². The summed E-state index contributed by atoms with van der Waals surface area (Å²) < 4.78 is 0. The van der Waals surface area contributed by atoms with Crippen LogP contribution in [0.4, 0.5) is 0 Å². The molecule has 22 nitrogen and oxygen atoms in total. The normalized spacial score (nSPS) is 20.4. The molecule has 72 heavy (non-hydrogen) atoms. The largest absolute Gasteiger partial charge is 0.370 e. The number of hydrogen-bond acceptors (Lipinski definition) is 11. The van der Waals surface area contributed by atoms with Crippen LogP contribution < -0.4 is 60.2 Å². The number of carbonyl (C=O) groups is 9. The van der Waals surface area contributed by atoms with Crippen molar-refractivity contribution in [3.8, 4) is 0 Å². The van der Waals surface area contributed by atoms with E-state index in [1.54, 1.807) is 36.5 Å². The summed E-state index contributed by atoms with van der Waals surface area (Å²) in [6.45, 7) is 3.40. The topological polar surface area (TPSA) is 370 Å². The molecule has 7 atom stereocenters. The molecule has 392 valence electrons. The molecule has 1 aromatic heterocycles. The van der Waals surface area contributed by atoms with Gasteiger partial charge in [-0.1, -0.05) is 68.3 Å². The Kier molecular flexibility index (Phi) is 23.6. The smallest absolute Gasteiger partial charge is 0.243 e. The first kappa shape index (κ1) is 57.2. The first-order valence-corrected chi connectivity index (χ1v) is 24.7. The molecule has 1 fully saturated rings. The Bertz CT molecular complexity index is 2350. The summed E-state index contributed by atoms with van der Waals surface area (Å²) in [6.07, 6.45) is 3.26. The van der Waals surface area contributed by atoms with E-state index in [1.165, 1.54) is 6.92 Å². The second-order valence-electron chi connectivity index (χ2n) is 18.1. The summed E-state index contributed by atoms with van der Waals surface area (Å²) in [7, 11) is 0. The van der Waals surface area contributed by atoms with Crippen LogP contribution in [0.2, 0.25) is 0 Å². The second kappa shape index (κ2) is 29.7. The number of nitrogens with one attached hydrogen (secondary N) is 8. The molecule has 4 rings (SSSR count). The first-order valence-electron chi connectivity index (χ1n) is 24.7. The van der Waals surface area contributed by atoms with E-state index in [2.05, 4.69) is 47.2 Å². The molecule has 8 amide bonds. The maximum absolute atomic E-state index is 14.5. The number of fused-ring (bicyclic) bond motifs is 1. The van der Waals surface area contributed by atoms with Gasteiger partial charge in [0.2, 0.25) is 47.3 Å². The van der Waals surface area contributed by atoms with Gasteiger partial charge >= 0.3 is 0 Å². The molecule has 22 heteroatoms. The molecule has 0 spiro atoms. The molecule has 0 radical (unpaired) electrons. The molecule has 1 aliphatic heterocycles. The zero-order chi connectivity index (χ0) is 52.6. The van der Waals surface area contributed by atoms with Crippen molar-refractivity contribution in [2.24, 2.45) is 33.8 Å². The van der Waals surface area contributed by atoms with Crippen molar-refractivity contribution < 1.29 is 43.2 Å². The third kappa shape index (κ3) is 19.1. The van der Waals surface area contributed by atoms with Crippen LogP contribution in [0.25, 0.3) is 10.9 Å². The Morgan fingerprint density at radius 2 is 1.46 bits per heavy atom. The minimum absolute atomic E-state index is 0.00895. The summed E-state index contributed by atoms with van der Waals surface area (Å²) in [6, 6.07) is 8.80. The number of aromatic nitrogens is 1. The zero-order valence-corrected chi connectivity index (χ0v) is 41.3. The minimum atomic E-state index is -1.38. The zero-order valence-electron chi connectivity index (χ0n) is 41.3. The number of para-hydroxylation sites is 1. The van der Waals surface area contributed by atoms with Crippen LogP contribution in [0.5, 0.6) is 0 Å². The lowest BCUT2D eigenvalue weighted by atomic mass is 9.92. The highest BCUT2D eigenvalue weighted by Gasteiger charge is 2.35. The molecular weight excluding hydrogens is 927 g/mol. The quantitative estimate of drug-likeness (QED) is 0.0369. The van der Waals surface area contributed by atoms with Crippen molar-refractivity contribution in [3.63, 3.8) is 0 Å². The fraction of sp³-hybridized carbons (Fsp3) is 0.520. The van der Waals surface area contributed by atoms with Gasteiger partial charge in [-0.3, -0.25) is 48.1 Å². The molecule has 0 aliphatic carbocycles. The van der Waals surface area contributed by atoms with E-state index >= 15 is 0 Å². The maximum Gasteiger partial charge on any atom is 0.243 e. The lowest BCUT2D eigenvalue weighted by Gasteiger charge is -2.27. The summed E-state index contributed by atoms with van der Waals surface area (Å²) in [4.78, 5) is 131. The number of nitrogens with two attached hydrogens (primary N) is 4. The van der Waals surface area contributed by atoms with Crippen molar-refractivity contribution in [2.45, 2.75) is 140 Å². The van der Waals surface area contributed by atoms with E-state index in [0.29, 0.717) is 36.8 Å². The average Bonchev–Trinajstić information content (AvgIpc) is 3.75. The molecule has 0 saturated carbocycles. The highest BCUT2D eigenvalue weighted by molar-refractivity contribution is 5.98. The number of guanidine groups is 1. The van der Waals surface area contributed by atoms with E-state index in [4.69, 9.17) is 22.9 Å². The number of carbonyl (C=O) groups excluding carboxylic acids is 9. The lowest BCUT2D eigenvalue weighted by Crippen LogP contribution is -2.59. The number of H-pyrrole nitrogens is 1. The fourth-order valence-corrected chi connectivity index (χ4v) is 8.41. The second-order valence-corrected chi connectivity index (χ2v) is 18.1. The number of aliphatic imine (C=N–C) groups is 1. The predicted molar refractivity (Wildman–Crippen MR) is 271 cm³/mol. The minimum Gasteiger partial charge on any atom is -0.370 e. The number of amides is 8. The molecule has 0 bridgehead atoms. The number of rotatable bonds is 21. The summed E-state index contributed by atoms with van der Waals surface area (Å²) in [5.41, 5.74) is 24.9. The van der Waals surface area contributed by atoms with Crippen molar-refractivity contribution in [2.75, 3.05) is 19.6 Å². The van der Waals surface area contributed by atoms with Crippen LogP contribution >= 0.6 is 0 Å². The number of unbranched alkanes of at least 4 members (excludes halogenated alkanes) is 2. The van der Waals surface area contributed by atoms with Gasteiger partial charge < -0.3 is 65.1 Å². The average molecular weight is 1000 g/mol. The highest BCUT2D eigenvalue weighted by atomic mass is 16.2. The van der Waals surface area contributed by atoms with Crippen molar-refractivity contribution in [3.05, 3.63) is 71.9 Å². The SMILES string of the molecule is CCCC[C@H](NC(C)=O)C(=O)N[C@H]1CCC(=O)NCC[C@@H](C(=O)N[C@@H](Cc2c[nH]c3ccccc23)C(N)=O)CC(=O)[C@H](CCCN=C(N)N)NC(=O)[C@@H](Cc2ccccc2)NC(=O)[C@H](CCCCN)NC1=O. The molecule has 16 N–H and O–H groups in total. The van der Waals surface area contributed by atoms with E-state index < -0.39 is 102 Å². The van der Waals surface area contributed by atoms with Crippen molar-refractivity contribution in [1.82, 2.24) is 42.2 Å². The third-order valence-electron chi connectivity index (χ3n) is 12.4. The van der Waals surface area contributed by atoms with Crippen LogP contribution in [0.1, 0.15) is 102 Å². The van der Waals surface area contributed by atoms with E-state index in [0.717, 1.165) is 10.9 Å². The Balaban J connectivity index is 1.75. The highest BCUT2D eigenvalue weighted by Crippen LogP contribution is 2.21. The van der Waals surface area contributed by atoms with Crippen LogP contribution in [-0.4, -0.2) is 120 Å². The van der Waals surface area contributed by atoms with Gasteiger partial charge in [-0.15, -0.1) is 0 Å². The monoisotopic (exact) mass is 1000 g/mol. The Morgan fingerprint density at radius 3 is 2.15 bits per heavy atom. The number of primary amides is 1. The molecular formula is C50H73N13O9. The van der Waals surface area contributed by atoms with Crippen molar-refractivity contribution in [1.29, 1.82) is 0 Å². The molecule has 2 heterocycles. The molecule has 0 unspecified atom stereocenters. The van der Waals surface area contributed by atoms with Gasteiger partial charge in [0.1, 0.15) is 30.2 Å². The Labute approximate surface area is 419 Å². The summed E-state index contributed by atoms with van der Waals surface area (Å²) in [5, 5.41) is 19.9. The standard InChI is InChI=1S/C50H73N13O9/c1-3-4-16-37(58-30(2)64)46(69)61-39-20-21-43(66)55-25-22-32(45(68)62-40(44(52)67)27-33-29-57-35-17-9-8-15-34(33)35)28-42(65)36(19-12-24-56-50(53)54)59-49(72)41(26-31-13-6-5-7-14-31)63-47(70)38(60-48(39)71)18-10-11-23-51/h5-9,13-15,17,29,32,36-41,57H,3-4,10-12,16,18-28,51H2,1-2H3,(H2,52,67)(H,55,66)(H,58,64)(H,59,72)(H,60,71)(H,61,69)(H,62,68)(H,63,70)(H4,53,54,56)/t32-,36+,37+,38+,39+,40+,41-/m1/s1. The van der Waals surface area contributed by atoms with Crippen LogP contribution in [0.15, 0.2) is 65.8 Å². The van der Waals surface area contributed by atoms with Gasteiger partial charge in [-0.2, -0.15) is 0 Å². The van der Waals surface area contributed by atoms with Crippen LogP contribution in [0.3, 0.4) is 0 Å². The number of aromatic amines is 1. The van der Waals surface area contributed by atoms with Crippen LogP contribution in [-0.2, 0) is 56.0 Å². The van der Waals surface area contributed by atoms with Gasteiger partial charge in [0.15, 0.2) is 11.7 Å². The number of Topliss-reactive ketones (excluding diaryl/α,β-unsaturated/α-hetero) is 1. The lowest BCUT2D eigenvalue weighted by molar-refractivity contribution is -0.135. The number of benzene rings is 2. The summed E-state index contributed by atoms with van der Waals surface area (Å²) >= 11 is 0. The maximum atomic E-state index is 14.5.